The molecule has 0 aromatic carbocycles. The molecular weight excluding hydrogens is 146 g/mol. The van der Waals surface area contributed by atoms with Gasteiger partial charge in [0, 0.05) is 0 Å². The van der Waals surface area contributed by atoms with Crippen molar-refractivity contribution in [1.29, 1.82) is 0 Å². The van der Waals surface area contributed by atoms with Gasteiger partial charge in [0.05, 0.1) is 6.04 Å². The van der Waals surface area contributed by atoms with E-state index in [1.807, 2.05) is 6.08 Å². The summed E-state index contributed by atoms with van der Waals surface area (Å²) in [7, 11) is 0. The minimum atomic E-state index is 0.421. The van der Waals surface area contributed by atoms with E-state index >= 15 is 0 Å². The molecule has 0 aliphatic heterocycles. The van der Waals surface area contributed by atoms with Gasteiger partial charge in [0.2, 0.25) is 0 Å². The van der Waals surface area contributed by atoms with Crippen LogP contribution >= 0.6 is 0 Å². The Morgan fingerprint density at radius 3 is 2.50 bits per heavy atom. The van der Waals surface area contributed by atoms with Crippen molar-refractivity contribution >= 4 is 0 Å². The van der Waals surface area contributed by atoms with E-state index in [1.54, 1.807) is 0 Å². The maximum Gasteiger partial charge on any atom is 0.0528 e. The van der Waals surface area contributed by atoms with Gasteiger partial charge >= 0.3 is 0 Å². The van der Waals surface area contributed by atoms with Crippen LogP contribution in [0.1, 0.15) is 13.8 Å². The molecule has 0 fully saturated rings. The van der Waals surface area contributed by atoms with Crippen LogP contribution in [0.25, 0.3) is 0 Å². The molecule has 1 unspecified atom stereocenters. The van der Waals surface area contributed by atoms with Gasteiger partial charge in [0.15, 0.2) is 0 Å². The molecule has 0 heterocycles. The molecule has 0 saturated heterocycles. The highest BCUT2D eigenvalue weighted by Crippen LogP contribution is 2.15. The molecule has 66 valence electrons. The van der Waals surface area contributed by atoms with Crippen molar-refractivity contribution < 1.29 is 0 Å². The van der Waals surface area contributed by atoms with Gasteiger partial charge in [-0.15, -0.1) is 0 Å². The smallest absolute Gasteiger partial charge is 0.0528 e. The fraction of sp³-hybridized carbons (Fsp3) is 0.455. The largest absolute Gasteiger partial charge is 0.293 e. The van der Waals surface area contributed by atoms with Gasteiger partial charge in [-0.2, -0.15) is 0 Å². The fourth-order valence-electron chi connectivity index (χ4n) is 1.54. The molecule has 0 radical (unpaired) electrons. The summed E-state index contributed by atoms with van der Waals surface area (Å²) < 4.78 is 0. The number of allylic oxidation sites excluding steroid dienone is 2. The molecule has 0 spiro atoms. The first-order valence-electron chi connectivity index (χ1n) is 4.57. The molecule has 0 N–H and O–H groups in total. The lowest BCUT2D eigenvalue weighted by Crippen LogP contribution is -2.34. The van der Waals surface area contributed by atoms with Crippen molar-refractivity contribution in [3.63, 3.8) is 0 Å². The molecule has 0 aromatic heterocycles. The van der Waals surface area contributed by atoms with Crippen LogP contribution in [0.15, 0.2) is 36.5 Å². The van der Waals surface area contributed by atoms with Crippen LogP contribution in [-0.4, -0.2) is 24.0 Å². The average Bonchev–Trinajstić information content (AvgIpc) is 2.10. The summed E-state index contributed by atoms with van der Waals surface area (Å²) in [6, 6.07) is 0.421. The molecule has 1 rings (SSSR count). The van der Waals surface area contributed by atoms with Gasteiger partial charge in [-0.05, 0) is 18.7 Å². The van der Waals surface area contributed by atoms with Crippen LogP contribution in [0.5, 0.6) is 0 Å². The second-order valence-electron chi connectivity index (χ2n) is 2.98. The van der Waals surface area contributed by atoms with Gasteiger partial charge in [-0.1, -0.05) is 44.7 Å². The Morgan fingerprint density at radius 1 is 1.33 bits per heavy atom. The Balaban J connectivity index is 2.67. The van der Waals surface area contributed by atoms with Crippen molar-refractivity contribution in [2.75, 3.05) is 13.1 Å². The van der Waals surface area contributed by atoms with Crippen LogP contribution < -0.4 is 0 Å². The average molecular weight is 163 g/mol. The Kier molecular flexibility index (Phi) is 3.30. The third-order valence-electron chi connectivity index (χ3n) is 2.30. The number of likely N-dealkylation sites (N-methyl/N-ethyl adjacent to an activating group) is 1. The van der Waals surface area contributed by atoms with E-state index in [0.29, 0.717) is 6.04 Å². The van der Waals surface area contributed by atoms with Crippen LogP contribution in [0.4, 0.5) is 0 Å². The second-order valence-corrected chi connectivity index (χ2v) is 2.98. The highest BCUT2D eigenvalue weighted by atomic mass is 15.1. The Bertz CT molecular complexity index is 209. The maximum atomic E-state index is 4.03. The van der Waals surface area contributed by atoms with Crippen molar-refractivity contribution in [3.8, 4) is 0 Å². The van der Waals surface area contributed by atoms with Gasteiger partial charge in [-0.25, -0.2) is 0 Å². The van der Waals surface area contributed by atoms with E-state index in [4.69, 9.17) is 0 Å². The summed E-state index contributed by atoms with van der Waals surface area (Å²) in [6.07, 6.45) is 8.43. The molecular formula is C11H17N. The highest BCUT2D eigenvalue weighted by Gasteiger charge is 2.14. The molecule has 0 saturated carbocycles. The van der Waals surface area contributed by atoms with Crippen LogP contribution in [0, 0.1) is 0 Å². The molecule has 1 aliphatic rings. The highest BCUT2D eigenvalue weighted by molar-refractivity contribution is 5.34. The molecule has 1 aliphatic carbocycles. The van der Waals surface area contributed by atoms with Gasteiger partial charge in [-0.3, -0.25) is 4.90 Å². The summed E-state index contributed by atoms with van der Waals surface area (Å²) in [5.41, 5.74) is 1.20. The Morgan fingerprint density at radius 2 is 2.00 bits per heavy atom. The summed E-state index contributed by atoms with van der Waals surface area (Å²) in [5.74, 6) is 0. The van der Waals surface area contributed by atoms with Crippen molar-refractivity contribution in [1.82, 2.24) is 4.90 Å². The third kappa shape index (κ3) is 1.86. The normalized spacial score (nSPS) is 22.2. The van der Waals surface area contributed by atoms with E-state index in [2.05, 4.69) is 43.6 Å². The zero-order chi connectivity index (χ0) is 8.97. The van der Waals surface area contributed by atoms with E-state index < -0.39 is 0 Å². The second kappa shape index (κ2) is 4.27. The van der Waals surface area contributed by atoms with E-state index in [1.165, 1.54) is 5.57 Å². The predicted molar refractivity (Wildman–Crippen MR) is 54.1 cm³/mol. The van der Waals surface area contributed by atoms with Crippen molar-refractivity contribution in [2.45, 2.75) is 19.9 Å². The Hall–Kier alpha value is -0.820. The number of hydrogen-bond acceptors (Lipinski definition) is 1. The molecule has 1 nitrogen and oxygen atoms in total. The topological polar surface area (TPSA) is 3.24 Å². The summed E-state index contributed by atoms with van der Waals surface area (Å²) in [6.45, 7) is 10.6. The molecule has 1 atom stereocenters. The standard InChI is InChI=1S/C11H17N/c1-4-12(5-2)11-9-7-6-8-10(11)3/h6-9,11H,3-5H2,1-2H3. The first-order chi connectivity index (χ1) is 5.79. The van der Waals surface area contributed by atoms with Gasteiger partial charge in [0.25, 0.3) is 0 Å². The van der Waals surface area contributed by atoms with E-state index in [9.17, 15) is 0 Å². The Labute approximate surface area is 75.1 Å². The lowest BCUT2D eigenvalue weighted by atomic mass is 10.0. The lowest BCUT2D eigenvalue weighted by Gasteiger charge is -2.28. The zero-order valence-electron chi connectivity index (χ0n) is 7.96. The lowest BCUT2D eigenvalue weighted by molar-refractivity contribution is 0.282. The number of nitrogens with zero attached hydrogens (tertiary/aromatic N) is 1. The number of hydrogen-bond donors (Lipinski definition) is 0. The van der Waals surface area contributed by atoms with E-state index in [0.717, 1.165) is 13.1 Å². The molecule has 0 amide bonds. The minimum absolute atomic E-state index is 0.421. The fourth-order valence-corrected chi connectivity index (χ4v) is 1.54. The first kappa shape index (κ1) is 9.27. The quantitative estimate of drug-likeness (QED) is 0.617. The number of rotatable bonds is 3. The zero-order valence-corrected chi connectivity index (χ0v) is 7.96. The van der Waals surface area contributed by atoms with Crippen molar-refractivity contribution in [2.24, 2.45) is 0 Å². The third-order valence-corrected chi connectivity index (χ3v) is 2.30. The van der Waals surface area contributed by atoms with Crippen LogP contribution in [-0.2, 0) is 0 Å². The maximum absolute atomic E-state index is 4.03. The van der Waals surface area contributed by atoms with E-state index in [-0.39, 0.29) is 0 Å². The van der Waals surface area contributed by atoms with Gasteiger partial charge in [0.1, 0.15) is 0 Å². The SMILES string of the molecule is C=C1C=CC=CC1N(CC)CC. The first-order valence-corrected chi connectivity index (χ1v) is 4.57. The summed E-state index contributed by atoms with van der Waals surface area (Å²) in [4.78, 5) is 2.39. The summed E-state index contributed by atoms with van der Waals surface area (Å²) >= 11 is 0. The predicted octanol–water partition coefficient (Wildman–Crippen LogP) is 2.38. The minimum Gasteiger partial charge on any atom is -0.293 e. The molecule has 0 aromatic rings. The van der Waals surface area contributed by atoms with Crippen LogP contribution in [0.2, 0.25) is 0 Å². The monoisotopic (exact) mass is 163 g/mol. The van der Waals surface area contributed by atoms with Crippen LogP contribution in [0.3, 0.4) is 0 Å². The molecule has 12 heavy (non-hydrogen) atoms. The van der Waals surface area contributed by atoms with Crippen molar-refractivity contribution in [3.05, 3.63) is 36.5 Å². The molecule has 1 heteroatoms. The molecule has 0 bridgehead atoms. The van der Waals surface area contributed by atoms with Gasteiger partial charge < -0.3 is 0 Å². The summed E-state index contributed by atoms with van der Waals surface area (Å²) in [5, 5.41) is 0.